The van der Waals surface area contributed by atoms with Crippen LogP contribution >= 0.6 is 0 Å². The normalized spacial score (nSPS) is 16.1. The van der Waals surface area contributed by atoms with Crippen molar-refractivity contribution in [3.63, 3.8) is 0 Å². The number of hydrogen-bond acceptors (Lipinski definition) is 5. The highest BCUT2D eigenvalue weighted by molar-refractivity contribution is 5.60. The third kappa shape index (κ3) is 5.40. The minimum absolute atomic E-state index is 0.390. The van der Waals surface area contributed by atoms with Crippen LogP contribution in [0, 0.1) is 20.4 Å². The summed E-state index contributed by atoms with van der Waals surface area (Å²) in [5.74, 6) is 1.60. The lowest BCUT2D eigenvalue weighted by molar-refractivity contribution is 0.0919. The molecule has 0 aromatic heterocycles. The van der Waals surface area contributed by atoms with E-state index in [0.29, 0.717) is 19.6 Å². The van der Waals surface area contributed by atoms with Crippen molar-refractivity contribution in [1.29, 1.82) is 0 Å². The fourth-order valence-electron chi connectivity index (χ4n) is 3.65. The van der Waals surface area contributed by atoms with E-state index in [9.17, 15) is 5.11 Å². The van der Waals surface area contributed by atoms with E-state index >= 15 is 0 Å². The van der Waals surface area contributed by atoms with Gasteiger partial charge in [0.05, 0.1) is 26.4 Å². The number of anilines is 1. The molecule has 0 amide bonds. The van der Waals surface area contributed by atoms with Crippen molar-refractivity contribution in [2.24, 2.45) is 0 Å². The molecule has 0 saturated carbocycles. The summed E-state index contributed by atoms with van der Waals surface area (Å²) < 4.78 is 10.9. The van der Waals surface area contributed by atoms with Gasteiger partial charge in [-0.1, -0.05) is 18.2 Å². The molecule has 1 fully saturated rings. The number of rotatable bonds is 8. The van der Waals surface area contributed by atoms with Crippen LogP contribution < -0.4 is 14.4 Å². The van der Waals surface area contributed by atoms with E-state index in [4.69, 9.17) is 9.47 Å². The van der Waals surface area contributed by atoms with Crippen molar-refractivity contribution >= 4 is 5.69 Å². The van der Waals surface area contributed by atoms with Gasteiger partial charge >= 0.3 is 0 Å². The maximum absolute atomic E-state index is 10.4. The van der Waals surface area contributed by atoms with Crippen LogP contribution in [0.4, 0.5) is 5.69 Å². The minimum Gasteiger partial charge on any atom is -0.497 e. The maximum atomic E-state index is 10.4. The van der Waals surface area contributed by atoms with Gasteiger partial charge in [-0.3, -0.25) is 4.90 Å². The molecular formula is C23H31N2O3. The lowest BCUT2D eigenvalue weighted by Gasteiger charge is -2.37. The van der Waals surface area contributed by atoms with E-state index < -0.39 is 6.10 Å². The third-order valence-electron chi connectivity index (χ3n) is 5.19. The number of aliphatic hydroxyl groups excluding tert-OH is 1. The monoisotopic (exact) mass is 383 g/mol. The molecule has 0 spiro atoms. The van der Waals surface area contributed by atoms with Gasteiger partial charge in [0.1, 0.15) is 11.5 Å². The number of β-amino-alcohol motifs (C(OH)–C–C–N with tert-alkyl or cyclic N) is 1. The number of hydrogen-bond donors (Lipinski definition) is 1. The standard InChI is InChI=1S/C23H31N2O3/c1-18-5-4-6-19(2)23(18)25-14-12-24(13-15-25)17-20(26)11-16-28-22-9-7-21(27-3)8-10-22/h4-10,14,20,26H,11-13,15-17H2,1-3H3. The molecule has 28 heavy (non-hydrogen) atoms. The molecule has 1 radical (unpaired) electrons. The Morgan fingerprint density at radius 2 is 1.68 bits per heavy atom. The van der Waals surface area contributed by atoms with Crippen molar-refractivity contribution in [3.05, 3.63) is 60.1 Å². The van der Waals surface area contributed by atoms with Gasteiger partial charge in [-0.15, -0.1) is 0 Å². The molecule has 3 rings (SSSR count). The van der Waals surface area contributed by atoms with Gasteiger partial charge in [0, 0.05) is 38.3 Å². The van der Waals surface area contributed by atoms with Crippen LogP contribution in [0.1, 0.15) is 17.5 Å². The summed E-state index contributed by atoms with van der Waals surface area (Å²) in [7, 11) is 1.64. The molecule has 1 heterocycles. The number of piperazine rings is 1. The Morgan fingerprint density at radius 1 is 1.00 bits per heavy atom. The zero-order valence-electron chi connectivity index (χ0n) is 17.1. The fraction of sp³-hybridized carbons (Fsp3) is 0.435. The lowest BCUT2D eigenvalue weighted by atomic mass is 10.1. The summed E-state index contributed by atoms with van der Waals surface area (Å²) >= 11 is 0. The number of para-hydroxylation sites is 1. The van der Waals surface area contributed by atoms with Crippen molar-refractivity contribution in [2.45, 2.75) is 26.4 Å². The topological polar surface area (TPSA) is 45.2 Å². The highest BCUT2D eigenvalue weighted by atomic mass is 16.5. The predicted octanol–water partition coefficient (Wildman–Crippen LogP) is 3.43. The number of aryl methyl sites for hydroxylation is 2. The molecule has 0 bridgehead atoms. The molecule has 1 aliphatic heterocycles. The zero-order valence-corrected chi connectivity index (χ0v) is 17.1. The second-order valence-electron chi connectivity index (χ2n) is 7.34. The van der Waals surface area contributed by atoms with Crippen molar-refractivity contribution in [3.8, 4) is 11.5 Å². The van der Waals surface area contributed by atoms with E-state index in [2.05, 4.69) is 48.4 Å². The first kappa shape index (κ1) is 20.5. The van der Waals surface area contributed by atoms with Crippen LogP contribution in [0.3, 0.4) is 0 Å². The second-order valence-corrected chi connectivity index (χ2v) is 7.34. The summed E-state index contributed by atoms with van der Waals surface area (Å²) in [4.78, 5) is 4.64. The highest BCUT2D eigenvalue weighted by Crippen LogP contribution is 2.27. The van der Waals surface area contributed by atoms with Crippen LogP contribution in [-0.4, -0.2) is 56.0 Å². The summed E-state index contributed by atoms with van der Waals surface area (Å²) in [5, 5.41) is 10.4. The average molecular weight is 384 g/mol. The first-order chi connectivity index (χ1) is 13.6. The van der Waals surface area contributed by atoms with E-state index in [1.807, 2.05) is 24.3 Å². The summed E-state index contributed by atoms with van der Waals surface area (Å²) in [5.41, 5.74) is 3.93. The molecule has 151 valence electrons. The van der Waals surface area contributed by atoms with Crippen LogP contribution in [0.25, 0.3) is 0 Å². The summed E-state index contributed by atoms with van der Waals surface area (Å²) in [6, 6.07) is 13.9. The van der Waals surface area contributed by atoms with Crippen LogP contribution in [0.5, 0.6) is 11.5 Å². The summed E-state index contributed by atoms with van der Waals surface area (Å²) in [6.45, 7) is 10.5. The van der Waals surface area contributed by atoms with Crippen LogP contribution in [0.2, 0.25) is 0 Å². The number of methoxy groups -OCH3 is 1. The summed E-state index contributed by atoms with van der Waals surface area (Å²) in [6.07, 6.45) is 0.224. The first-order valence-electron chi connectivity index (χ1n) is 9.90. The smallest absolute Gasteiger partial charge is 0.119 e. The van der Waals surface area contributed by atoms with E-state index in [-0.39, 0.29) is 0 Å². The fourth-order valence-corrected chi connectivity index (χ4v) is 3.65. The molecule has 1 atom stereocenters. The Hall–Kier alpha value is -2.24. The Kier molecular flexibility index (Phi) is 7.18. The van der Waals surface area contributed by atoms with Gasteiger partial charge in [0.15, 0.2) is 0 Å². The molecule has 1 unspecified atom stereocenters. The third-order valence-corrected chi connectivity index (χ3v) is 5.19. The molecule has 2 aromatic carbocycles. The molecule has 5 nitrogen and oxygen atoms in total. The highest BCUT2D eigenvalue weighted by Gasteiger charge is 2.21. The Labute approximate surface area is 168 Å². The van der Waals surface area contributed by atoms with E-state index in [0.717, 1.165) is 31.1 Å². The quantitative estimate of drug-likeness (QED) is 0.757. The Bertz CT molecular complexity index is 720. The molecule has 2 aromatic rings. The van der Waals surface area contributed by atoms with Crippen LogP contribution in [-0.2, 0) is 0 Å². The SMILES string of the molecule is COc1ccc(OCCC(O)CN2C[CH]N(c3c(C)cccc3C)CC2)cc1. The number of ether oxygens (including phenoxy) is 2. The number of nitrogens with zero attached hydrogens (tertiary/aromatic N) is 2. The zero-order chi connectivity index (χ0) is 19.9. The van der Waals surface area contributed by atoms with Gasteiger partial charge < -0.3 is 19.5 Å². The second kappa shape index (κ2) is 9.80. The van der Waals surface area contributed by atoms with Crippen LogP contribution in [0.15, 0.2) is 42.5 Å². The molecule has 1 saturated heterocycles. The van der Waals surface area contributed by atoms with Crippen molar-refractivity contribution in [1.82, 2.24) is 4.90 Å². The average Bonchev–Trinajstić information content (AvgIpc) is 2.70. The molecule has 1 N–H and O–H groups in total. The number of benzene rings is 2. The molecule has 0 aliphatic carbocycles. The number of aliphatic hydroxyl groups is 1. The van der Waals surface area contributed by atoms with E-state index in [1.165, 1.54) is 16.8 Å². The Balaban J connectivity index is 1.39. The molecular weight excluding hydrogens is 352 g/mol. The van der Waals surface area contributed by atoms with E-state index in [1.54, 1.807) is 7.11 Å². The van der Waals surface area contributed by atoms with Gasteiger partial charge in [0.25, 0.3) is 0 Å². The predicted molar refractivity (Wildman–Crippen MR) is 113 cm³/mol. The van der Waals surface area contributed by atoms with Crippen molar-refractivity contribution < 1.29 is 14.6 Å². The van der Waals surface area contributed by atoms with Crippen molar-refractivity contribution in [2.75, 3.05) is 44.8 Å². The molecule has 1 aliphatic rings. The van der Waals surface area contributed by atoms with Gasteiger partial charge in [-0.25, -0.2) is 0 Å². The minimum atomic E-state index is -0.390. The Morgan fingerprint density at radius 3 is 2.29 bits per heavy atom. The van der Waals surface area contributed by atoms with Gasteiger partial charge in [-0.05, 0) is 49.2 Å². The maximum Gasteiger partial charge on any atom is 0.119 e. The van der Waals surface area contributed by atoms with Gasteiger partial charge in [0.2, 0.25) is 0 Å². The largest absolute Gasteiger partial charge is 0.497 e. The van der Waals surface area contributed by atoms with Gasteiger partial charge in [-0.2, -0.15) is 0 Å². The lowest BCUT2D eigenvalue weighted by Crippen LogP contribution is -2.46. The first-order valence-corrected chi connectivity index (χ1v) is 9.90. The molecule has 5 heteroatoms.